The van der Waals surface area contributed by atoms with E-state index in [0.717, 1.165) is 44.6 Å². The van der Waals surface area contributed by atoms with E-state index >= 15 is 0 Å². The van der Waals surface area contributed by atoms with E-state index in [9.17, 15) is 4.79 Å². The van der Waals surface area contributed by atoms with Gasteiger partial charge in [0.05, 0.1) is 6.04 Å². The van der Waals surface area contributed by atoms with Crippen LogP contribution in [0.5, 0.6) is 0 Å². The molecule has 5 heteroatoms. The molecule has 0 radical (unpaired) electrons. The van der Waals surface area contributed by atoms with Crippen LogP contribution >= 0.6 is 11.3 Å². The average Bonchev–Trinajstić information content (AvgIpc) is 3.23. The van der Waals surface area contributed by atoms with Gasteiger partial charge in [0.15, 0.2) is 0 Å². The Morgan fingerprint density at radius 2 is 2.41 bits per heavy atom. The summed E-state index contributed by atoms with van der Waals surface area (Å²) < 4.78 is 2.26. The minimum Gasteiger partial charge on any atom is -0.341 e. The van der Waals surface area contributed by atoms with Gasteiger partial charge in [-0.05, 0) is 41.7 Å². The molecule has 1 aliphatic rings. The second-order valence-corrected chi connectivity index (χ2v) is 6.65. The van der Waals surface area contributed by atoms with Crippen molar-refractivity contribution in [3.05, 3.63) is 40.6 Å². The average molecular weight is 317 g/mol. The Hall–Kier alpha value is -1.62. The Balaban J connectivity index is 1.59. The summed E-state index contributed by atoms with van der Waals surface area (Å²) in [6.45, 7) is 3.85. The Morgan fingerprint density at radius 3 is 3.18 bits per heavy atom. The van der Waals surface area contributed by atoms with Crippen molar-refractivity contribution in [2.45, 2.75) is 45.1 Å². The molecule has 3 rings (SSSR count). The third-order valence-corrected chi connectivity index (χ3v) is 5.15. The number of imidazole rings is 1. The van der Waals surface area contributed by atoms with Crippen LogP contribution in [0, 0.1) is 0 Å². The zero-order chi connectivity index (χ0) is 15.4. The maximum atomic E-state index is 12.5. The van der Waals surface area contributed by atoms with Gasteiger partial charge in [-0.3, -0.25) is 4.79 Å². The molecule has 118 valence electrons. The lowest BCUT2D eigenvalue weighted by atomic mass is 10.0. The van der Waals surface area contributed by atoms with Crippen LogP contribution < -0.4 is 0 Å². The van der Waals surface area contributed by atoms with Gasteiger partial charge in [-0.2, -0.15) is 11.3 Å². The summed E-state index contributed by atoms with van der Waals surface area (Å²) in [6, 6.07) is 2.49. The molecule has 0 N–H and O–H groups in total. The number of piperidine rings is 1. The molecule has 3 heterocycles. The zero-order valence-electron chi connectivity index (χ0n) is 13.1. The van der Waals surface area contributed by atoms with Gasteiger partial charge in [0.25, 0.3) is 0 Å². The summed E-state index contributed by atoms with van der Waals surface area (Å²) in [4.78, 5) is 18.9. The van der Waals surface area contributed by atoms with Crippen molar-refractivity contribution in [2.24, 2.45) is 0 Å². The highest BCUT2D eigenvalue weighted by atomic mass is 32.1. The minimum absolute atomic E-state index is 0.286. The number of aromatic nitrogens is 2. The molecular weight excluding hydrogens is 294 g/mol. The van der Waals surface area contributed by atoms with Crippen LogP contribution in [-0.4, -0.2) is 33.4 Å². The third kappa shape index (κ3) is 3.40. The molecule has 2 aromatic rings. The van der Waals surface area contributed by atoms with Gasteiger partial charge in [0.1, 0.15) is 5.82 Å². The molecule has 1 fully saturated rings. The summed E-state index contributed by atoms with van der Waals surface area (Å²) in [6.07, 6.45) is 8.56. The number of aryl methyl sites for hydroxylation is 2. The number of amides is 1. The maximum absolute atomic E-state index is 12.5. The first-order valence-corrected chi connectivity index (χ1v) is 9.02. The van der Waals surface area contributed by atoms with Crippen LogP contribution in [0.4, 0.5) is 0 Å². The van der Waals surface area contributed by atoms with E-state index in [1.54, 1.807) is 11.3 Å². The van der Waals surface area contributed by atoms with E-state index in [4.69, 9.17) is 0 Å². The molecule has 0 aromatic carbocycles. The Kier molecular flexibility index (Phi) is 4.93. The second-order valence-electron chi connectivity index (χ2n) is 5.87. The number of carbonyl (C=O) groups is 1. The fourth-order valence-corrected chi connectivity index (χ4v) is 3.91. The van der Waals surface area contributed by atoms with Crippen LogP contribution in [0.2, 0.25) is 0 Å². The van der Waals surface area contributed by atoms with Crippen molar-refractivity contribution in [2.75, 3.05) is 13.1 Å². The predicted octanol–water partition coefficient (Wildman–Crippen LogP) is 3.30. The third-order valence-electron chi connectivity index (χ3n) is 4.42. The first-order chi connectivity index (χ1) is 10.8. The first-order valence-electron chi connectivity index (χ1n) is 8.08. The van der Waals surface area contributed by atoms with E-state index in [1.165, 1.54) is 5.56 Å². The Labute approximate surface area is 135 Å². The molecule has 1 amide bonds. The summed E-state index contributed by atoms with van der Waals surface area (Å²) in [7, 11) is 0. The topological polar surface area (TPSA) is 38.1 Å². The van der Waals surface area contributed by atoms with E-state index in [-0.39, 0.29) is 5.91 Å². The number of hydrogen-bond acceptors (Lipinski definition) is 3. The number of carbonyl (C=O) groups excluding carboxylic acids is 1. The van der Waals surface area contributed by atoms with Crippen molar-refractivity contribution in [3.63, 3.8) is 0 Å². The highest BCUT2D eigenvalue weighted by molar-refractivity contribution is 7.07. The van der Waals surface area contributed by atoms with Gasteiger partial charge in [-0.1, -0.05) is 6.92 Å². The van der Waals surface area contributed by atoms with E-state index in [2.05, 4.69) is 39.5 Å². The van der Waals surface area contributed by atoms with Gasteiger partial charge >= 0.3 is 0 Å². The van der Waals surface area contributed by atoms with Gasteiger partial charge in [-0.15, -0.1) is 0 Å². The van der Waals surface area contributed by atoms with Crippen LogP contribution in [0.25, 0.3) is 0 Å². The normalized spacial score (nSPS) is 18.6. The molecule has 1 aliphatic heterocycles. The van der Waals surface area contributed by atoms with Crippen molar-refractivity contribution < 1.29 is 4.79 Å². The summed E-state index contributed by atoms with van der Waals surface area (Å²) in [5.74, 6) is 1.41. The SMILES string of the molecule is CCc1nccn1C1CCCN(C(=O)CCc2ccsc2)C1. The van der Waals surface area contributed by atoms with Gasteiger partial charge < -0.3 is 9.47 Å². The molecule has 22 heavy (non-hydrogen) atoms. The Bertz CT molecular complexity index is 605. The summed E-state index contributed by atoms with van der Waals surface area (Å²) >= 11 is 1.69. The smallest absolute Gasteiger partial charge is 0.222 e. The second kappa shape index (κ2) is 7.09. The standard InChI is InChI=1S/C17H23N3OS/c1-2-16-18-8-10-20(16)15-4-3-9-19(12-15)17(21)6-5-14-7-11-22-13-14/h7-8,10-11,13,15H,2-6,9,12H2,1H3. The minimum atomic E-state index is 0.286. The van der Waals surface area contributed by atoms with Crippen LogP contribution in [0.15, 0.2) is 29.2 Å². The lowest BCUT2D eigenvalue weighted by Gasteiger charge is -2.34. The first kappa shape index (κ1) is 15.3. The van der Waals surface area contributed by atoms with E-state index in [0.29, 0.717) is 12.5 Å². The zero-order valence-corrected chi connectivity index (χ0v) is 13.9. The van der Waals surface area contributed by atoms with Crippen molar-refractivity contribution in [3.8, 4) is 0 Å². The van der Waals surface area contributed by atoms with Gasteiger partial charge in [-0.25, -0.2) is 4.98 Å². The number of nitrogens with zero attached hydrogens (tertiary/aromatic N) is 3. The monoisotopic (exact) mass is 317 g/mol. The predicted molar refractivity (Wildman–Crippen MR) is 89.1 cm³/mol. The van der Waals surface area contributed by atoms with Crippen LogP contribution in [-0.2, 0) is 17.6 Å². The molecule has 1 unspecified atom stereocenters. The highest BCUT2D eigenvalue weighted by Gasteiger charge is 2.25. The fourth-order valence-electron chi connectivity index (χ4n) is 3.20. The van der Waals surface area contributed by atoms with E-state index in [1.807, 2.05) is 11.1 Å². The summed E-state index contributed by atoms with van der Waals surface area (Å²) in [5.41, 5.74) is 1.27. The lowest BCUT2D eigenvalue weighted by molar-refractivity contribution is -0.132. The van der Waals surface area contributed by atoms with Crippen LogP contribution in [0.1, 0.15) is 43.6 Å². The Morgan fingerprint density at radius 1 is 1.50 bits per heavy atom. The molecule has 1 atom stereocenters. The number of hydrogen-bond donors (Lipinski definition) is 0. The molecular formula is C17H23N3OS. The number of likely N-dealkylation sites (tertiary alicyclic amines) is 1. The van der Waals surface area contributed by atoms with Gasteiger partial charge in [0, 0.05) is 38.3 Å². The lowest BCUT2D eigenvalue weighted by Crippen LogP contribution is -2.41. The molecule has 0 spiro atoms. The largest absolute Gasteiger partial charge is 0.341 e. The quantitative estimate of drug-likeness (QED) is 0.848. The van der Waals surface area contributed by atoms with E-state index < -0.39 is 0 Å². The number of rotatable bonds is 5. The van der Waals surface area contributed by atoms with Gasteiger partial charge in [0.2, 0.25) is 5.91 Å². The molecule has 0 bridgehead atoms. The molecule has 0 aliphatic carbocycles. The highest BCUT2D eigenvalue weighted by Crippen LogP contribution is 2.23. The molecule has 0 saturated carbocycles. The van der Waals surface area contributed by atoms with Crippen LogP contribution in [0.3, 0.4) is 0 Å². The fraction of sp³-hybridized carbons (Fsp3) is 0.529. The van der Waals surface area contributed by atoms with Crippen molar-refractivity contribution in [1.29, 1.82) is 0 Å². The molecule has 1 saturated heterocycles. The maximum Gasteiger partial charge on any atom is 0.222 e. The van der Waals surface area contributed by atoms with Crippen molar-refractivity contribution in [1.82, 2.24) is 14.5 Å². The number of thiophene rings is 1. The molecule has 2 aromatic heterocycles. The summed E-state index contributed by atoms with van der Waals surface area (Å²) in [5, 5.41) is 4.20. The molecule has 4 nitrogen and oxygen atoms in total. The van der Waals surface area contributed by atoms with Crippen molar-refractivity contribution >= 4 is 17.2 Å².